The Morgan fingerprint density at radius 3 is 1.84 bits per heavy atom. The average Bonchev–Trinajstić information content (AvgIpc) is 2.94. The van der Waals surface area contributed by atoms with Crippen molar-refractivity contribution < 1.29 is 24.1 Å². The van der Waals surface area contributed by atoms with E-state index in [1.54, 1.807) is 12.1 Å². The fourth-order valence-electron chi connectivity index (χ4n) is 4.66. The minimum Gasteiger partial charge on any atom is -0.508 e. The van der Waals surface area contributed by atoms with Gasteiger partial charge in [0, 0.05) is 6.08 Å². The zero-order valence-corrected chi connectivity index (χ0v) is 22.6. The van der Waals surface area contributed by atoms with Crippen LogP contribution in [0.2, 0.25) is 0 Å². The van der Waals surface area contributed by atoms with Gasteiger partial charge in [0.15, 0.2) is 6.29 Å². The molecule has 2 saturated carbocycles. The summed E-state index contributed by atoms with van der Waals surface area (Å²) in [7, 11) is 0. The van der Waals surface area contributed by atoms with Crippen LogP contribution in [0.25, 0.3) is 12.2 Å². The van der Waals surface area contributed by atoms with Gasteiger partial charge in [0.05, 0.1) is 6.10 Å². The Labute approximate surface area is 227 Å². The van der Waals surface area contributed by atoms with Gasteiger partial charge < -0.3 is 19.3 Å². The molecule has 0 spiro atoms. The molecule has 1 atom stereocenters. The van der Waals surface area contributed by atoms with Crippen molar-refractivity contribution in [2.75, 3.05) is 0 Å². The van der Waals surface area contributed by atoms with Crippen molar-refractivity contribution in [3.8, 4) is 11.5 Å². The summed E-state index contributed by atoms with van der Waals surface area (Å²) in [6.45, 7) is 5.32. The summed E-state index contributed by atoms with van der Waals surface area (Å²) in [4.78, 5) is 10.7. The standard InChI is InChI=1S/C24H28O3.C9H14O2/c1-19(26-23-9-3-2-4-10-23)27-24-17-13-21(14-18-24)8-6-5-7-20-11-15-22(25)16-12-20;1-2-9(10)11-8-6-4-3-5-7-8/h5-8,11-19,23,25H,2-4,9-10H2,1H3;2,8H,1,3-7H2. The second-order valence-corrected chi connectivity index (χ2v) is 9.86. The van der Waals surface area contributed by atoms with E-state index in [4.69, 9.17) is 14.2 Å². The number of rotatable bonds is 9. The molecule has 2 aromatic carbocycles. The van der Waals surface area contributed by atoms with Crippen LogP contribution in [0.4, 0.5) is 0 Å². The van der Waals surface area contributed by atoms with Crippen LogP contribution in [0, 0.1) is 0 Å². The predicted molar refractivity (Wildman–Crippen MR) is 154 cm³/mol. The summed E-state index contributed by atoms with van der Waals surface area (Å²) in [5.74, 6) is 0.829. The molecule has 0 aromatic heterocycles. The molecular formula is C33H42O5. The van der Waals surface area contributed by atoms with E-state index in [0.717, 1.165) is 42.6 Å². The normalized spacial score (nSPS) is 17.5. The Hall–Kier alpha value is -3.31. The van der Waals surface area contributed by atoms with Gasteiger partial charge >= 0.3 is 5.97 Å². The number of benzene rings is 2. The van der Waals surface area contributed by atoms with Gasteiger partial charge in [-0.25, -0.2) is 4.79 Å². The van der Waals surface area contributed by atoms with Crippen LogP contribution in [0.15, 0.2) is 73.3 Å². The largest absolute Gasteiger partial charge is 0.508 e. The first-order valence-corrected chi connectivity index (χ1v) is 13.9. The molecule has 0 aliphatic heterocycles. The molecule has 0 amide bonds. The lowest BCUT2D eigenvalue weighted by Crippen LogP contribution is -2.26. The fourth-order valence-corrected chi connectivity index (χ4v) is 4.66. The molecule has 2 aliphatic rings. The Balaban J connectivity index is 0.000000304. The number of hydrogen-bond donors (Lipinski definition) is 1. The van der Waals surface area contributed by atoms with E-state index in [1.807, 2.05) is 67.6 Å². The minimum atomic E-state index is -0.281. The summed E-state index contributed by atoms with van der Waals surface area (Å²) in [5, 5.41) is 9.28. The van der Waals surface area contributed by atoms with Crippen LogP contribution in [-0.4, -0.2) is 29.6 Å². The molecule has 2 fully saturated rings. The van der Waals surface area contributed by atoms with Gasteiger partial charge in [-0.1, -0.05) is 80.8 Å². The molecule has 0 heterocycles. The molecule has 204 valence electrons. The summed E-state index contributed by atoms with van der Waals surface area (Å²) in [6, 6.07) is 15.1. The highest BCUT2D eigenvalue weighted by atomic mass is 16.7. The highest BCUT2D eigenvalue weighted by molar-refractivity contribution is 5.81. The Bertz CT molecular complexity index is 1010. The second kappa shape index (κ2) is 16.5. The van der Waals surface area contributed by atoms with Crippen molar-refractivity contribution in [3.05, 3.63) is 84.5 Å². The van der Waals surface area contributed by atoms with Crippen LogP contribution in [0.1, 0.15) is 82.3 Å². The highest BCUT2D eigenvalue weighted by Crippen LogP contribution is 2.23. The number of phenolic OH excluding ortho intramolecular Hbond substituents is 1. The summed E-state index contributed by atoms with van der Waals surface area (Å²) in [5.41, 5.74) is 2.16. The summed E-state index contributed by atoms with van der Waals surface area (Å²) >= 11 is 0. The van der Waals surface area contributed by atoms with E-state index < -0.39 is 0 Å². The lowest BCUT2D eigenvalue weighted by Gasteiger charge is -2.26. The summed E-state index contributed by atoms with van der Waals surface area (Å²) < 4.78 is 17.0. The molecule has 2 aromatic rings. The molecule has 0 saturated heterocycles. The van der Waals surface area contributed by atoms with E-state index in [0.29, 0.717) is 6.10 Å². The van der Waals surface area contributed by atoms with Crippen LogP contribution in [0.5, 0.6) is 11.5 Å². The second-order valence-electron chi connectivity index (χ2n) is 9.86. The third-order valence-electron chi connectivity index (χ3n) is 6.70. The Kier molecular flexibility index (Phi) is 12.7. The van der Waals surface area contributed by atoms with Crippen molar-refractivity contribution in [2.24, 2.45) is 0 Å². The van der Waals surface area contributed by atoms with Crippen molar-refractivity contribution >= 4 is 18.1 Å². The van der Waals surface area contributed by atoms with Gasteiger partial charge in [-0.05, 0) is 80.8 Å². The monoisotopic (exact) mass is 518 g/mol. The van der Waals surface area contributed by atoms with Crippen molar-refractivity contribution in [2.45, 2.75) is 89.6 Å². The Morgan fingerprint density at radius 1 is 0.816 bits per heavy atom. The van der Waals surface area contributed by atoms with Gasteiger partial charge in [0.1, 0.15) is 17.6 Å². The molecule has 4 rings (SSSR count). The van der Waals surface area contributed by atoms with Crippen molar-refractivity contribution in [1.82, 2.24) is 0 Å². The van der Waals surface area contributed by atoms with Gasteiger partial charge in [0.2, 0.25) is 0 Å². The molecule has 1 N–H and O–H groups in total. The number of esters is 1. The number of phenols is 1. The molecule has 2 aliphatic carbocycles. The maximum atomic E-state index is 10.7. The van der Waals surface area contributed by atoms with E-state index in [9.17, 15) is 9.90 Å². The number of allylic oxidation sites excluding steroid dienone is 2. The SMILES string of the molecule is C=CC(=O)OC1CCCCC1.CC(Oc1ccc(C=CC=Cc2ccc(O)cc2)cc1)OC1CCCCC1. The van der Waals surface area contributed by atoms with Gasteiger partial charge in [-0.15, -0.1) is 0 Å². The smallest absolute Gasteiger partial charge is 0.330 e. The molecule has 5 heteroatoms. The first-order chi connectivity index (χ1) is 18.5. The number of carbonyl (C=O) groups excluding carboxylic acids is 1. The lowest BCUT2D eigenvalue weighted by atomic mass is 9.98. The topological polar surface area (TPSA) is 65.0 Å². The molecule has 0 radical (unpaired) electrons. The third-order valence-corrected chi connectivity index (χ3v) is 6.70. The van der Waals surface area contributed by atoms with Crippen LogP contribution in [-0.2, 0) is 14.3 Å². The first-order valence-electron chi connectivity index (χ1n) is 13.9. The predicted octanol–water partition coefficient (Wildman–Crippen LogP) is 8.24. The third kappa shape index (κ3) is 11.4. The molecule has 0 bridgehead atoms. The zero-order valence-electron chi connectivity index (χ0n) is 22.6. The van der Waals surface area contributed by atoms with E-state index in [2.05, 4.69) is 6.58 Å². The number of ether oxygens (including phenoxy) is 3. The maximum Gasteiger partial charge on any atom is 0.330 e. The van der Waals surface area contributed by atoms with Gasteiger partial charge in [0.25, 0.3) is 0 Å². The lowest BCUT2D eigenvalue weighted by molar-refractivity contribution is -0.144. The first kappa shape index (κ1) is 29.2. The molecular weight excluding hydrogens is 476 g/mol. The minimum absolute atomic E-state index is 0.161. The average molecular weight is 519 g/mol. The van der Waals surface area contributed by atoms with E-state index in [-0.39, 0.29) is 24.1 Å². The quantitative estimate of drug-likeness (QED) is 0.157. The fraction of sp³-hybridized carbons (Fsp3) is 0.424. The van der Waals surface area contributed by atoms with Crippen LogP contribution in [0.3, 0.4) is 0 Å². The number of carbonyl (C=O) groups is 1. The van der Waals surface area contributed by atoms with Crippen molar-refractivity contribution in [1.29, 1.82) is 0 Å². The van der Waals surface area contributed by atoms with Crippen LogP contribution >= 0.6 is 0 Å². The summed E-state index contributed by atoms with van der Waals surface area (Å²) in [6.07, 6.45) is 21.4. The van der Waals surface area contributed by atoms with Crippen LogP contribution < -0.4 is 4.74 Å². The van der Waals surface area contributed by atoms with Gasteiger partial charge in [-0.2, -0.15) is 0 Å². The molecule has 38 heavy (non-hydrogen) atoms. The Morgan fingerprint density at radius 2 is 1.32 bits per heavy atom. The number of aromatic hydroxyl groups is 1. The van der Waals surface area contributed by atoms with Crippen molar-refractivity contribution in [3.63, 3.8) is 0 Å². The number of hydrogen-bond acceptors (Lipinski definition) is 5. The molecule has 1 unspecified atom stereocenters. The zero-order chi connectivity index (χ0) is 27.0. The van der Waals surface area contributed by atoms with Gasteiger partial charge in [-0.3, -0.25) is 0 Å². The van der Waals surface area contributed by atoms with E-state index >= 15 is 0 Å². The maximum absolute atomic E-state index is 10.7. The van der Waals surface area contributed by atoms with E-state index in [1.165, 1.54) is 44.6 Å². The molecule has 5 nitrogen and oxygen atoms in total. The highest BCUT2D eigenvalue weighted by Gasteiger charge is 2.17.